The fraction of sp³-hybridized carbons (Fsp3) is 0.250. The summed E-state index contributed by atoms with van der Waals surface area (Å²) < 4.78 is 1.47. The van der Waals surface area contributed by atoms with Crippen LogP contribution in [0.3, 0.4) is 0 Å². The summed E-state index contributed by atoms with van der Waals surface area (Å²) in [6, 6.07) is 14.8. The molecule has 0 saturated heterocycles. The summed E-state index contributed by atoms with van der Waals surface area (Å²) in [5.74, 6) is -0.0689. The lowest BCUT2D eigenvalue weighted by atomic mass is 10.2. The van der Waals surface area contributed by atoms with Gasteiger partial charge in [0.15, 0.2) is 5.65 Å². The fourth-order valence-electron chi connectivity index (χ4n) is 3.50. The van der Waals surface area contributed by atoms with Crippen LogP contribution in [0, 0.1) is 0 Å². The molecule has 4 aromatic rings. The smallest absolute Gasteiger partial charge is 0.257 e. The second kappa shape index (κ2) is 9.78. The summed E-state index contributed by atoms with van der Waals surface area (Å²) in [5, 5.41) is 8.11. The number of carbonyl (C=O) groups is 1. The van der Waals surface area contributed by atoms with Gasteiger partial charge in [0.25, 0.3) is 5.91 Å². The number of rotatable bonds is 8. The molecule has 0 unspecified atom stereocenters. The molecule has 2 aromatic carbocycles. The first-order chi connectivity index (χ1) is 15.6. The molecule has 2 aromatic heterocycles. The highest BCUT2D eigenvalue weighted by atomic mass is 35.5. The van der Waals surface area contributed by atoms with Crippen LogP contribution in [0.25, 0.3) is 22.2 Å². The number of hydrogen-bond acceptors (Lipinski definition) is 5. The second-order valence-electron chi connectivity index (χ2n) is 7.57. The molecule has 32 heavy (non-hydrogen) atoms. The van der Waals surface area contributed by atoms with Gasteiger partial charge in [-0.3, -0.25) is 4.79 Å². The fourth-order valence-corrected chi connectivity index (χ4v) is 3.63. The highest BCUT2D eigenvalue weighted by Gasteiger charge is 2.23. The molecule has 4 rings (SSSR count). The summed E-state index contributed by atoms with van der Waals surface area (Å²) in [4.78, 5) is 22.4. The van der Waals surface area contributed by atoms with Crippen molar-refractivity contribution < 1.29 is 4.79 Å². The van der Waals surface area contributed by atoms with Crippen molar-refractivity contribution in [3.8, 4) is 0 Å². The van der Waals surface area contributed by atoms with Crippen LogP contribution in [-0.2, 0) is 0 Å². The van der Waals surface area contributed by atoms with Crippen LogP contribution in [0.15, 0.2) is 53.6 Å². The number of nitrogen functional groups attached to an aromatic ring is 1. The minimum absolute atomic E-state index is 0.201. The molecule has 0 radical (unpaired) electrons. The van der Waals surface area contributed by atoms with E-state index in [0.29, 0.717) is 39.3 Å². The van der Waals surface area contributed by atoms with Crippen LogP contribution in [0.5, 0.6) is 0 Å². The van der Waals surface area contributed by atoms with E-state index in [9.17, 15) is 4.79 Å². The zero-order valence-corrected chi connectivity index (χ0v) is 18.6. The van der Waals surface area contributed by atoms with E-state index in [2.05, 4.69) is 22.3 Å². The van der Waals surface area contributed by atoms with E-state index in [0.717, 1.165) is 31.2 Å². The maximum atomic E-state index is 13.0. The largest absolute Gasteiger partial charge is 0.383 e. The van der Waals surface area contributed by atoms with Crippen LogP contribution < -0.4 is 11.1 Å². The van der Waals surface area contributed by atoms with Gasteiger partial charge in [-0.15, -0.1) is 0 Å². The summed E-state index contributed by atoms with van der Waals surface area (Å²) in [7, 11) is 0. The third kappa shape index (κ3) is 4.57. The Morgan fingerprint density at radius 2 is 1.81 bits per heavy atom. The van der Waals surface area contributed by atoms with Crippen molar-refractivity contribution in [1.82, 2.24) is 20.0 Å². The number of fused-ring (bicyclic) bond motifs is 2. The molecule has 0 spiro atoms. The number of anilines is 1. The van der Waals surface area contributed by atoms with Gasteiger partial charge in [-0.2, -0.15) is 9.78 Å². The quantitative estimate of drug-likeness (QED) is 0.292. The Balaban J connectivity index is 1.75. The van der Waals surface area contributed by atoms with Gasteiger partial charge in [-0.05, 0) is 36.2 Å². The lowest BCUT2D eigenvalue weighted by molar-refractivity contribution is 0.0955. The van der Waals surface area contributed by atoms with Crippen molar-refractivity contribution >= 4 is 51.7 Å². The number of unbranched alkanes of at least 4 members (excludes halogenated alkanes) is 3. The van der Waals surface area contributed by atoms with Gasteiger partial charge in [0.1, 0.15) is 16.9 Å². The molecule has 1 amide bonds. The number of carbonyl (C=O) groups excluding carboxylic acids is 1. The summed E-state index contributed by atoms with van der Waals surface area (Å²) in [5.41, 5.74) is 9.80. The Hall–Kier alpha value is -3.45. The molecule has 0 aliphatic rings. The molecule has 0 aliphatic carbocycles. The van der Waals surface area contributed by atoms with Crippen LogP contribution >= 0.6 is 11.6 Å². The first-order valence-corrected chi connectivity index (χ1v) is 11.1. The lowest BCUT2D eigenvalue weighted by Gasteiger charge is -2.05. The zero-order chi connectivity index (χ0) is 22.5. The number of nitrogens with one attached hydrogen (secondary N) is 1. The minimum Gasteiger partial charge on any atom is -0.383 e. The van der Waals surface area contributed by atoms with Crippen molar-refractivity contribution in [2.45, 2.75) is 32.6 Å². The van der Waals surface area contributed by atoms with E-state index >= 15 is 0 Å². The molecular weight excluding hydrogens is 424 g/mol. The molecular formula is C24H25ClN6O. The van der Waals surface area contributed by atoms with E-state index in [1.165, 1.54) is 4.68 Å². The number of aromatic nitrogens is 3. The van der Waals surface area contributed by atoms with Gasteiger partial charge < -0.3 is 11.1 Å². The Kier molecular flexibility index (Phi) is 6.66. The van der Waals surface area contributed by atoms with E-state index in [-0.39, 0.29) is 11.7 Å². The number of para-hydroxylation sites is 2. The number of nitrogens with zero attached hydrogens (tertiary/aromatic N) is 4. The van der Waals surface area contributed by atoms with E-state index < -0.39 is 0 Å². The van der Waals surface area contributed by atoms with Crippen LogP contribution in [0.4, 0.5) is 5.82 Å². The normalized spacial score (nSPS) is 11.6. The predicted octanol–water partition coefficient (Wildman–Crippen LogP) is 5.01. The van der Waals surface area contributed by atoms with Crippen LogP contribution in [0.1, 0.15) is 48.5 Å². The topological polar surface area (TPSA) is 98.2 Å². The number of hydrogen-bond donors (Lipinski definition) is 2. The van der Waals surface area contributed by atoms with Gasteiger partial charge in [-0.1, -0.05) is 62.1 Å². The summed E-state index contributed by atoms with van der Waals surface area (Å²) in [6.07, 6.45) is 5.93. The zero-order valence-electron chi connectivity index (χ0n) is 17.9. The number of benzene rings is 2. The Labute approximate surface area is 191 Å². The number of amides is 1. The molecule has 7 nitrogen and oxygen atoms in total. The number of halogens is 1. The molecule has 0 aliphatic heterocycles. The van der Waals surface area contributed by atoms with Crippen LogP contribution in [0.2, 0.25) is 5.02 Å². The van der Waals surface area contributed by atoms with Crippen molar-refractivity contribution in [3.05, 3.63) is 64.7 Å². The molecule has 8 heteroatoms. The minimum atomic E-state index is -0.269. The average Bonchev–Trinajstić information content (AvgIpc) is 3.07. The van der Waals surface area contributed by atoms with Crippen LogP contribution in [-0.4, -0.2) is 33.3 Å². The van der Waals surface area contributed by atoms with Crippen molar-refractivity contribution in [2.75, 3.05) is 12.3 Å². The third-order valence-corrected chi connectivity index (χ3v) is 5.46. The van der Waals surface area contributed by atoms with Crippen molar-refractivity contribution in [2.24, 2.45) is 5.10 Å². The molecule has 2 heterocycles. The lowest BCUT2D eigenvalue weighted by Crippen LogP contribution is -2.25. The Bertz CT molecular complexity index is 1280. The van der Waals surface area contributed by atoms with Gasteiger partial charge in [0, 0.05) is 11.6 Å². The first-order valence-electron chi connectivity index (χ1n) is 10.7. The molecule has 0 atom stereocenters. The van der Waals surface area contributed by atoms with Gasteiger partial charge in [0.2, 0.25) is 0 Å². The predicted molar refractivity (Wildman–Crippen MR) is 130 cm³/mol. The molecule has 0 saturated carbocycles. The Morgan fingerprint density at radius 3 is 2.53 bits per heavy atom. The van der Waals surface area contributed by atoms with Gasteiger partial charge in [-0.25, -0.2) is 9.97 Å². The SMILES string of the molecule is CCCCCCNC(=O)c1c(N)n(/N=C\c2ccc(Cl)cc2)c2nc3ccccc3nc12. The van der Waals surface area contributed by atoms with Gasteiger partial charge in [0.05, 0.1) is 17.2 Å². The maximum Gasteiger partial charge on any atom is 0.257 e. The molecule has 0 fully saturated rings. The number of nitrogens with two attached hydrogens (primary N) is 1. The van der Waals surface area contributed by atoms with E-state index in [1.54, 1.807) is 18.3 Å². The molecule has 0 bridgehead atoms. The van der Waals surface area contributed by atoms with E-state index in [1.807, 2.05) is 36.4 Å². The monoisotopic (exact) mass is 448 g/mol. The average molecular weight is 449 g/mol. The summed E-state index contributed by atoms with van der Waals surface area (Å²) in [6.45, 7) is 2.74. The summed E-state index contributed by atoms with van der Waals surface area (Å²) >= 11 is 5.96. The molecule has 164 valence electrons. The van der Waals surface area contributed by atoms with Crippen molar-refractivity contribution in [3.63, 3.8) is 0 Å². The second-order valence-corrected chi connectivity index (χ2v) is 8.01. The highest BCUT2D eigenvalue weighted by Crippen LogP contribution is 2.27. The standard InChI is InChI=1S/C24H25ClN6O/c1-2-3-4-7-14-27-24(32)20-21-23(30-19-9-6-5-8-18(19)29-21)31(22(20)26)28-15-16-10-12-17(25)13-11-16/h5-6,8-13,15H,2-4,7,14,26H2,1H3,(H,27,32)/b28-15-. The third-order valence-electron chi connectivity index (χ3n) is 5.21. The van der Waals surface area contributed by atoms with Crippen molar-refractivity contribution in [1.29, 1.82) is 0 Å². The van der Waals surface area contributed by atoms with E-state index in [4.69, 9.17) is 22.3 Å². The van der Waals surface area contributed by atoms with Gasteiger partial charge >= 0.3 is 0 Å². The maximum absolute atomic E-state index is 13.0. The first kappa shape index (κ1) is 21.8. The Morgan fingerprint density at radius 1 is 1.09 bits per heavy atom. The molecule has 3 N–H and O–H groups in total. The highest BCUT2D eigenvalue weighted by molar-refractivity contribution is 6.30.